The smallest absolute Gasteiger partial charge is 0.143 e. The van der Waals surface area contributed by atoms with Gasteiger partial charge in [0.2, 0.25) is 0 Å². The number of piperidine rings is 1. The molecule has 1 unspecified atom stereocenters. The Kier molecular flexibility index (Phi) is 4.44. The van der Waals surface area contributed by atoms with E-state index < -0.39 is 0 Å². The van der Waals surface area contributed by atoms with Crippen LogP contribution in [0.2, 0.25) is 5.02 Å². The van der Waals surface area contributed by atoms with E-state index in [1.54, 1.807) is 0 Å². The topological polar surface area (TPSA) is 61.9 Å². The minimum Gasteiger partial charge on any atom is -0.409 e. The summed E-state index contributed by atoms with van der Waals surface area (Å²) in [5, 5.41) is 12.6. The maximum absolute atomic E-state index is 8.73. The van der Waals surface area contributed by atoms with Crippen molar-refractivity contribution in [2.45, 2.75) is 19.4 Å². The molecule has 0 aromatic heterocycles. The van der Waals surface area contributed by atoms with E-state index in [-0.39, 0.29) is 5.92 Å². The Morgan fingerprint density at radius 2 is 2.39 bits per heavy atom. The summed E-state index contributed by atoms with van der Waals surface area (Å²) in [5.41, 5.74) is 6.88. The maximum Gasteiger partial charge on any atom is 0.143 e. The molecule has 1 aliphatic rings. The average molecular weight is 268 g/mol. The first-order valence-electron chi connectivity index (χ1n) is 6.13. The second-order valence-corrected chi connectivity index (χ2v) is 5.17. The SMILES string of the molecule is NC(=NO)C1CCCN(Cc2cccc(Cl)c2)C1. The Morgan fingerprint density at radius 3 is 3.11 bits per heavy atom. The molecule has 1 aromatic carbocycles. The molecule has 0 saturated carbocycles. The van der Waals surface area contributed by atoms with Crippen LogP contribution in [-0.4, -0.2) is 29.0 Å². The quantitative estimate of drug-likeness (QED) is 0.382. The molecule has 0 aliphatic carbocycles. The third-order valence-corrected chi connectivity index (χ3v) is 3.57. The third kappa shape index (κ3) is 3.37. The second kappa shape index (κ2) is 6.07. The monoisotopic (exact) mass is 267 g/mol. The predicted molar refractivity (Wildman–Crippen MR) is 72.9 cm³/mol. The van der Waals surface area contributed by atoms with E-state index in [2.05, 4.69) is 16.1 Å². The summed E-state index contributed by atoms with van der Waals surface area (Å²) in [6.45, 7) is 2.74. The van der Waals surface area contributed by atoms with Gasteiger partial charge in [-0.15, -0.1) is 0 Å². The summed E-state index contributed by atoms with van der Waals surface area (Å²) in [7, 11) is 0. The highest BCUT2D eigenvalue weighted by atomic mass is 35.5. The molecule has 18 heavy (non-hydrogen) atoms. The lowest BCUT2D eigenvalue weighted by atomic mass is 9.96. The fraction of sp³-hybridized carbons (Fsp3) is 0.462. The van der Waals surface area contributed by atoms with Gasteiger partial charge in [0.25, 0.3) is 0 Å². The van der Waals surface area contributed by atoms with Crippen molar-refractivity contribution < 1.29 is 5.21 Å². The van der Waals surface area contributed by atoms with Crippen LogP contribution in [-0.2, 0) is 6.54 Å². The molecule has 0 amide bonds. The molecular weight excluding hydrogens is 250 g/mol. The Hall–Kier alpha value is -1.26. The van der Waals surface area contributed by atoms with Gasteiger partial charge in [0, 0.05) is 24.0 Å². The van der Waals surface area contributed by atoms with Crippen molar-refractivity contribution in [2.24, 2.45) is 16.8 Å². The zero-order valence-corrected chi connectivity index (χ0v) is 11.0. The van der Waals surface area contributed by atoms with Crippen molar-refractivity contribution >= 4 is 17.4 Å². The fourth-order valence-electron chi connectivity index (χ4n) is 2.42. The van der Waals surface area contributed by atoms with E-state index in [1.165, 1.54) is 5.56 Å². The molecular formula is C13H18ClN3O. The summed E-state index contributed by atoms with van der Waals surface area (Å²) in [4.78, 5) is 2.32. The molecule has 0 radical (unpaired) electrons. The lowest BCUT2D eigenvalue weighted by Gasteiger charge is -2.32. The van der Waals surface area contributed by atoms with Crippen LogP contribution in [0, 0.1) is 5.92 Å². The number of rotatable bonds is 3. The third-order valence-electron chi connectivity index (χ3n) is 3.33. The first-order valence-corrected chi connectivity index (χ1v) is 6.51. The van der Waals surface area contributed by atoms with E-state index in [1.807, 2.05) is 18.2 Å². The van der Waals surface area contributed by atoms with Crippen molar-refractivity contribution in [3.63, 3.8) is 0 Å². The summed E-state index contributed by atoms with van der Waals surface area (Å²) < 4.78 is 0. The zero-order chi connectivity index (χ0) is 13.0. The van der Waals surface area contributed by atoms with Crippen LogP contribution < -0.4 is 5.73 Å². The van der Waals surface area contributed by atoms with Gasteiger partial charge >= 0.3 is 0 Å². The van der Waals surface area contributed by atoms with Crippen molar-refractivity contribution in [1.29, 1.82) is 0 Å². The van der Waals surface area contributed by atoms with Crippen LogP contribution in [0.3, 0.4) is 0 Å². The van der Waals surface area contributed by atoms with Gasteiger partial charge in [0.05, 0.1) is 0 Å². The molecule has 1 fully saturated rings. The van der Waals surface area contributed by atoms with Crippen molar-refractivity contribution in [1.82, 2.24) is 4.90 Å². The molecule has 98 valence electrons. The van der Waals surface area contributed by atoms with E-state index in [9.17, 15) is 0 Å². The molecule has 2 rings (SSSR count). The number of hydrogen-bond donors (Lipinski definition) is 2. The van der Waals surface area contributed by atoms with Crippen LogP contribution in [0.1, 0.15) is 18.4 Å². The number of likely N-dealkylation sites (tertiary alicyclic amines) is 1. The lowest BCUT2D eigenvalue weighted by molar-refractivity contribution is 0.193. The Labute approximate surface area is 112 Å². The van der Waals surface area contributed by atoms with E-state index >= 15 is 0 Å². The summed E-state index contributed by atoms with van der Waals surface area (Å²) in [6, 6.07) is 7.89. The lowest BCUT2D eigenvalue weighted by Crippen LogP contribution is -2.40. The Morgan fingerprint density at radius 1 is 1.56 bits per heavy atom. The van der Waals surface area contributed by atoms with E-state index in [0.29, 0.717) is 5.84 Å². The van der Waals surface area contributed by atoms with Crippen LogP contribution in [0.25, 0.3) is 0 Å². The van der Waals surface area contributed by atoms with Crippen molar-refractivity contribution in [3.8, 4) is 0 Å². The highest BCUT2D eigenvalue weighted by molar-refractivity contribution is 6.30. The molecule has 1 aromatic rings. The molecule has 0 bridgehead atoms. The van der Waals surface area contributed by atoms with Gasteiger partial charge in [0.15, 0.2) is 0 Å². The van der Waals surface area contributed by atoms with Crippen LogP contribution >= 0.6 is 11.6 Å². The normalized spacial score (nSPS) is 22.1. The maximum atomic E-state index is 8.73. The van der Waals surface area contributed by atoms with Gasteiger partial charge in [-0.25, -0.2) is 0 Å². The van der Waals surface area contributed by atoms with Crippen molar-refractivity contribution in [3.05, 3.63) is 34.9 Å². The average Bonchev–Trinajstić information content (AvgIpc) is 2.38. The van der Waals surface area contributed by atoms with Crippen molar-refractivity contribution in [2.75, 3.05) is 13.1 Å². The minimum absolute atomic E-state index is 0.155. The van der Waals surface area contributed by atoms with Gasteiger partial charge < -0.3 is 10.9 Å². The van der Waals surface area contributed by atoms with Gasteiger partial charge in [-0.05, 0) is 37.1 Å². The number of hydrogen-bond acceptors (Lipinski definition) is 3. The van der Waals surface area contributed by atoms with Gasteiger partial charge in [-0.3, -0.25) is 4.90 Å². The van der Waals surface area contributed by atoms with E-state index in [0.717, 1.165) is 37.5 Å². The highest BCUT2D eigenvalue weighted by Crippen LogP contribution is 2.20. The Balaban J connectivity index is 1.97. The number of nitrogens with two attached hydrogens (primary N) is 1. The van der Waals surface area contributed by atoms with Crippen LogP contribution in [0.4, 0.5) is 0 Å². The number of halogens is 1. The predicted octanol–water partition coefficient (Wildman–Crippen LogP) is 2.30. The molecule has 1 heterocycles. The first-order chi connectivity index (χ1) is 8.69. The minimum atomic E-state index is 0.155. The number of nitrogens with zero attached hydrogens (tertiary/aromatic N) is 2. The molecule has 4 nitrogen and oxygen atoms in total. The van der Waals surface area contributed by atoms with Gasteiger partial charge in [-0.2, -0.15) is 0 Å². The first kappa shape index (κ1) is 13.2. The van der Waals surface area contributed by atoms with Gasteiger partial charge in [-0.1, -0.05) is 28.9 Å². The fourth-order valence-corrected chi connectivity index (χ4v) is 2.63. The van der Waals surface area contributed by atoms with Crippen LogP contribution in [0.15, 0.2) is 29.4 Å². The number of oxime groups is 1. The summed E-state index contributed by atoms with van der Waals surface area (Å²) in [5.74, 6) is 0.494. The summed E-state index contributed by atoms with van der Waals surface area (Å²) >= 11 is 5.97. The zero-order valence-electron chi connectivity index (χ0n) is 10.2. The highest BCUT2D eigenvalue weighted by Gasteiger charge is 2.23. The molecule has 3 N–H and O–H groups in total. The molecule has 1 aliphatic heterocycles. The largest absolute Gasteiger partial charge is 0.409 e. The number of benzene rings is 1. The second-order valence-electron chi connectivity index (χ2n) is 4.73. The summed E-state index contributed by atoms with van der Waals surface area (Å²) in [6.07, 6.45) is 2.06. The van der Waals surface area contributed by atoms with E-state index in [4.69, 9.17) is 22.5 Å². The van der Waals surface area contributed by atoms with Crippen LogP contribution in [0.5, 0.6) is 0 Å². The Bertz CT molecular complexity index is 436. The number of amidine groups is 1. The molecule has 1 saturated heterocycles. The molecule has 5 heteroatoms. The molecule has 0 spiro atoms. The molecule has 1 atom stereocenters. The van der Waals surface area contributed by atoms with Gasteiger partial charge in [0.1, 0.15) is 5.84 Å². The standard InChI is InChI=1S/C13H18ClN3O/c14-12-5-1-3-10(7-12)8-17-6-2-4-11(9-17)13(15)16-18/h1,3,5,7,11,18H,2,4,6,8-9H2,(H2,15,16).